The molecule has 2 aromatic heterocycles. The molecule has 2 heterocycles. The lowest BCUT2D eigenvalue weighted by molar-refractivity contribution is 0.0229. The largest absolute Gasteiger partial charge is 0.468 e. The Morgan fingerprint density at radius 2 is 1.86 bits per heavy atom. The minimum Gasteiger partial charge on any atom is -0.468 e. The summed E-state index contributed by atoms with van der Waals surface area (Å²) in [5, 5.41) is 15.5. The highest BCUT2D eigenvalue weighted by molar-refractivity contribution is 5.65. The summed E-state index contributed by atoms with van der Waals surface area (Å²) in [5.74, 6) is 4.58. The average Bonchev–Trinajstić information content (AvgIpc) is 3.49. The summed E-state index contributed by atoms with van der Waals surface area (Å²) in [5.41, 5.74) is 3.87. The van der Waals surface area contributed by atoms with Gasteiger partial charge in [0.05, 0.1) is 31.1 Å². The third kappa shape index (κ3) is 6.64. The topological polar surface area (TPSA) is 72.9 Å². The Morgan fingerprint density at radius 3 is 2.56 bits per heavy atom. The summed E-state index contributed by atoms with van der Waals surface area (Å²) in [6, 6.07) is 21.7. The molecule has 7 heteroatoms. The Balaban J connectivity index is 1.67. The van der Waals surface area contributed by atoms with Gasteiger partial charge in [0.2, 0.25) is 5.88 Å². The SMILES string of the molecule is C#CCOC[C@@H](O)CN(Cc1ccco1)Cc1c(-c2ccccc2)nn(C)c1Oc1ccc(C)cc1. The van der Waals surface area contributed by atoms with Gasteiger partial charge in [-0.3, -0.25) is 4.90 Å². The number of nitrogens with zero attached hydrogens (tertiary/aromatic N) is 3. The zero-order valence-electron chi connectivity index (χ0n) is 20.6. The molecule has 0 aliphatic rings. The minimum absolute atomic E-state index is 0.143. The second-order valence-electron chi connectivity index (χ2n) is 8.66. The van der Waals surface area contributed by atoms with E-state index < -0.39 is 6.10 Å². The lowest BCUT2D eigenvalue weighted by Gasteiger charge is -2.24. The predicted octanol–water partition coefficient (Wildman–Crippen LogP) is 4.79. The Kier molecular flexibility index (Phi) is 8.58. The van der Waals surface area contributed by atoms with Crippen molar-refractivity contribution < 1.29 is 19.0 Å². The Bertz CT molecular complexity index is 1260. The van der Waals surface area contributed by atoms with E-state index in [2.05, 4.69) is 10.8 Å². The molecule has 2 aromatic carbocycles. The molecule has 0 amide bonds. The quantitative estimate of drug-likeness (QED) is 0.230. The van der Waals surface area contributed by atoms with Gasteiger partial charge in [0, 0.05) is 25.7 Å². The third-order valence-electron chi connectivity index (χ3n) is 5.68. The number of terminal acetylenes is 1. The van der Waals surface area contributed by atoms with Gasteiger partial charge < -0.3 is 19.0 Å². The fraction of sp³-hybridized carbons (Fsp3) is 0.276. The van der Waals surface area contributed by atoms with E-state index >= 15 is 0 Å². The second kappa shape index (κ2) is 12.2. The van der Waals surface area contributed by atoms with Gasteiger partial charge in [0.1, 0.15) is 23.8 Å². The van der Waals surface area contributed by atoms with E-state index in [4.69, 9.17) is 25.4 Å². The second-order valence-corrected chi connectivity index (χ2v) is 8.66. The third-order valence-corrected chi connectivity index (χ3v) is 5.68. The molecule has 7 nitrogen and oxygen atoms in total. The van der Waals surface area contributed by atoms with Gasteiger partial charge in [-0.25, -0.2) is 4.68 Å². The first-order valence-corrected chi connectivity index (χ1v) is 11.8. The first kappa shape index (κ1) is 25.3. The highest BCUT2D eigenvalue weighted by atomic mass is 16.5. The summed E-state index contributed by atoms with van der Waals surface area (Å²) in [4.78, 5) is 2.09. The van der Waals surface area contributed by atoms with Crippen molar-refractivity contribution in [3.05, 3.63) is 89.9 Å². The Morgan fingerprint density at radius 1 is 1.08 bits per heavy atom. The fourth-order valence-corrected chi connectivity index (χ4v) is 4.00. The van der Waals surface area contributed by atoms with Crippen LogP contribution in [-0.2, 0) is 24.9 Å². The number of furan rings is 1. The van der Waals surface area contributed by atoms with Crippen molar-refractivity contribution in [1.29, 1.82) is 0 Å². The van der Waals surface area contributed by atoms with Crippen LogP contribution < -0.4 is 4.74 Å². The number of hydrogen-bond donors (Lipinski definition) is 1. The number of hydrogen-bond acceptors (Lipinski definition) is 6. The number of aliphatic hydroxyl groups is 1. The standard InChI is InChI=1S/C29H31N3O4/c1-4-16-34-21-24(33)18-32(19-26-11-8-17-35-26)20-27-28(23-9-6-5-7-10-23)30-31(3)29(27)36-25-14-12-22(2)13-15-25/h1,5-15,17,24,33H,16,18-21H2,2-3H3/t24-/m0/s1. The smallest absolute Gasteiger partial charge is 0.222 e. The van der Waals surface area contributed by atoms with Gasteiger partial charge in [0.25, 0.3) is 0 Å². The highest BCUT2D eigenvalue weighted by Gasteiger charge is 2.24. The van der Waals surface area contributed by atoms with Gasteiger partial charge >= 0.3 is 0 Å². The number of aliphatic hydroxyl groups excluding tert-OH is 1. The fourth-order valence-electron chi connectivity index (χ4n) is 4.00. The molecule has 0 saturated carbocycles. The van der Waals surface area contributed by atoms with Crippen LogP contribution >= 0.6 is 0 Å². The first-order valence-electron chi connectivity index (χ1n) is 11.8. The number of aromatic nitrogens is 2. The molecule has 0 radical (unpaired) electrons. The summed E-state index contributed by atoms with van der Waals surface area (Å²) in [7, 11) is 1.87. The summed E-state index contributed by atoms with van der Waals surface area (Å²) in [6.07, 6.45) is 6.18. The maximum atomic E-state index is 10.7. The van der Waals surface area contributed by atoms with E-state index in [1.165, 1.54) is 0 Å². The van der Waals surface area contributed by atoms with E-state index in [9.17, 15) is 5.11 Å². The van der Waals surface area contributed by atoms with E-state index in [1.54, 1.807) is 10.9 Å². The Hall–Kier alpha value is -3.83. The number of ether oxygens (including phenoxy) is 2. The van der Waals surface area contributed by atoms with Crippen LogP contribution in [0.25, 0.3) is 11.3 Å². The lowest BCUT2D eigenvalue weighted by atomic mass is 10.1. The van der Waals surface area contributed by atoms with Crippen molar-refractivity contribution in [3.63, 3.8) is 0 Å². The number of aryl methyl sites for hydroxylation is 2. The van der Waals surface area contributed by atoms with E-state index in [-0.39, 0.29) is 13.2 Å². The first-order chi connectivity index (χ1) is 17.5. The molecule has 36 heavy (non-hydrogen) atoms. The predicted molar refractivity (Wildman–Crippen MR) is 138 cm³/mol. The molecule has 1 N–H and O–H groups in total. The van der Waals surface area contributed by atoms with Gasteiger partial charge in [-0.05, 0) is 31.2 Å². The van der Waals surface area contributed by atoms with Crippen LogP contribution in [0.5, 0.6) is 11.6 Å². The van der Waals surface area contributed by atoms with Crippen LogP contribution in [-0.4, -0.2) is 45.6 Å². The highest BCUT2D eigenvalue weighted by Crippen LogP contribution is 2.34. The van der Waals surface area contributed by atoms with Gasteiger partial charge in [-0.1, -0.05) is 53.9 Å². The molecule has 0 bridgehead atoms. The van der Waals surface area contributed by atoms with Crippen LogP contribution in [0.4, 0.5) is 0 Å². The van der Waals surface area contributed by atoms with Crippen LogP contribution in [0.1, 0.15) is 16.9 Å². The maximum Gasteiger partial charge on any atom is 0.222 e. The molecular weight excluding hydrogens is 454 g/mol. The van der Waals surface area contributed by atoms with Crippen molar-refractivity contribution in [3.8, 4) is 35.2 Å². The molecule has 4 rings (SSSR count). The number of rotatable bonds is 12. The van der Waals surface area contributed by atoms with E-state index in [1.807, 2.05) is 80.7 Å². The molecule has 0 fully saturated rings. The van der Waals surface area contributed by atoms with Gasteiger partial charge in [-0.2, -0.15) is 5.10 Å². The summed E-state index contributed by atoms with van der Waals surface area (Å²) >= 11 is 0. The van der Waals surface area contributed by atoms with Gasteiger partial charge in [-0.15, -0.1) is 6.42 Å². The molecule has 0 unspecified atom stereocenters. The zero-order chi connectivity index (χ0) is 25.3. The molecule has 0 aliphatic carbocycles. The van der Waals surface area contributed by atoms with Crippen LogP contribution in [0, 0.1) is 19.3 Å². The van der Waals surface area contributed by atoms with Crippen LogP contribution in [0.2, 0.25) is 0 Å². The lowest BCUT2D eigenvalue weighted by Crippen LogP contribution is -2.34. The Labute approximate surface area is 211 Å². The molecular formula is C29H31N3O4. The van der Waals surface area contributed by atoms with Crippen molar-refractivity contribution in [2.75, 3.05) is 19.8 Å². The van der Waals surface area contributed by atoms with Crippen LogP contribution in [0.15, 0.2) is 77.4 Å². The zero-order valence-corrected chi connectivity index (χ0v) is 20.6. The molecule has 1 atom stereocenters. The van der Waals surface area contributed by atoms with Crippen molar-refractivity contribution in [2.45, 2.75) is 26.1 Å². The van der Waals surface area contributed by atoms with Gasteiger partial charge in [0.15, 0.2) is 0 Å². The maximum absolute atomic E-state index is 10.7. The monoisotopic (exact) mass is 485 g/mol. The molecule has 0 aliphatic heterocycles. The summed E-state index contributed by atoms with van der Waals surface area (Å²) < 4.78 is 19.1. The van der Waals surface area contributed by atoms with E-state index in [0.29, 0.717) is 25.5 Å². The van der Waals surface area contributed by atoms with Crippen molar-refractivity contribution >= 4 is 0 Å². The minimum atomic E-state index is -0.730. The molecule has 0 saturated heterocycles. The van der Waals surface area contributed by atoms with E-state index in [0.717, 1.165) is 33.9 Å². The summed E-state index contributed by atoms with van der Waals surface area (Å²) in [6.45, 7) is 3.64. The number of benzene rings is 2. The van der Waals surface area contributed by atoms with Crippen molar-refractivity contribution in [1.82, 2.24) is 14.7 Å². The normalized spacial score (nSPS) is 12.0. The van der Waals surface area contributed by atoms with Crippen molar-refractivity contribution in [2.24, 2.45) is 7.05 Å². The molecule has 0 spiro atoms. The van der Waals surface area contributed by atoms with Crippen LogP contribution in [0.3, 0.4) is 0 Å². The molecule has 4 aromatic rings. The average molecular weight is 486 g/mol. The molecule has 186 valence electrons.